The highest BCUT2D eigenvalue weighted by Gasteiger charge is 2.34. The average Bonchev–Trinajstić information content (AvgIpc) is 2.55. The summed E-state index contributed by atoms with van der Waals surface area (Å²) in [4.78, 5) is 15.0. The zero-order valence-corrected chi connectivity index (χ0v) is 17.3. The molecule has 1 aromatic rings. The number of benzene rings is 1. The van der Waals surface area contributed by atoms with Crippen molar-refractivity contribution in [2.75, 3.05) is 26.7 Å². The highest BCUT2D eigenvalue weighted by Crippen LogP contribution is 2.32. The number of amides is 1. The maximum atomic E-state index is 12.6. The van der Waals surface area contributed by atoms with Crippen molar-refractivity contribution in [1.29, 1.82) is 0 Å². The fourth-order valence-electron chi connectivity index (χ4n) is 3.44. The van der Waals surface area contributed by atoms with Gasteiger partial charge < -0.3 is 15.0 Å². The number of carbonyl (C=O) groups excluding carboxylic acids is 1. The van der Waals surface area contributed by atoms with Crippen LogP contribution in [0.2, 0.25) is 0 Å². The molecule has 0 spiro atoms. The lowest BCUT2D eigenvalue weighted by atomic mass is 9.84. The van der Waals surface area contributed by atoms with Crippen LogP contribution in [0.3, 0.4) is 0 Å². The zero-order chi connectivity index (χ0) is 17.3. The van der Waals surface area contributed by atoms with Crippen molar-refractivity contribution in [3.8, 4) is 5.75 Å². The van der Waals surface area contributed by atoms with E-state index in [4.69, 9.17) is 17.0 Å². The van der Waals surface area contributed by atoms with E-state index in [2.05, 4.69) is 47.4 Å². The van der Waals surface area contributed by atoms with Crippen molar-refractivity contribution >= 4 is 55.1 Å². The highest BCUT2D eigenvalue weighted by atomic mass is 79.9. The molecule has 8 heteroatoms. The molecule has 1 unspecified atom stereocenters. The monoisotopic (exact) mass is 475 g/mol. The lowest BCUT2D eigenvalue weighted by Gasteiger charge is -2.45. The number of hydrogen-bond acceptors (Lipinski definition) is 4. The van der Waals surface area contributed by atoms with Gasteiger partial charge in [0.2, 0.25) is 0 Å². The summed E-state index contributed by atoms with van der Waals surface area (Å²) in [5.41, 5.74) is 0.428. The van der Waals surface area contributed by atoms with E-state index in [9.17, 15) is 4.79 Å². The number of methoxy groups -OCH3 is 1. The minimum absolute atomic E-state index is 0.285. The minimum atomic E-state index is -0.285. The third kappa shape index (κ3) is 3.92. The Morgan fingerprint density at radius 3 is 2.62 bits per heavy atom. The van der Waals surface area contributed by atoms with Gasteiger partial charge in [-0.05, 0) is 72.1 Å². The van der Waals surface area contributed by atoms with Crippen LogP contribution in [0.15, 0.2) is 21.1 Å². The number of nitrogens with zero attached hydrogens (tertiary/aromatic N) is 1. The molecule has 0 aliphatic carbocycles. The Morgan fingerprint density at radius 1 is 1.33 bits per heavy atom. The first kappa shape index (κ1) is 18.1. The van der Waals surface area contributed by atoms with Gasteiger partial charge in [0.15, 0.2) is 5.11 Å². The number of fused-ring (bicyclic) bond motifs is 3. The summed E-state index contributed by atoms with van der Waals surface area (Å²) in [6, 6.07) is 3.87. The Labute approximate surface area is 163 Å². The largest absolute Gasteiger partial charge is 0.495 e. The van der Waals surface area contributed by atoms with Crippen molar-refractivity contribution in [1.82, 2.24) is 15.5 Å². The molecule has 2 N–H and O–H groups in total. The molecule has 0 aromatic heterocycles. The molecular weight excluding hydrogens is 458 g/mol. The number of ether oxygens (including phenoxy) is 1. The van der Waals surface area contributed by atoms with Gasteiger partial charge in [0.05, 0.1) is 17.1 Å². The SMILES string of the molecule is COc1c(Br)cc(Br)cc1C(=O)NC(=S)NC1CN2CCC1CC2. The lowest BCUT2D eigenvalue weighted by Crippen LogP contribution is -2.59. The molecule has 0 saturated carbocycles. The third-order valence-corrected chi connectivity index (χ3v) is 5.92. The molecule has 24 heavy (non-hydrogen) atoms. The summed E-state index contributed by atoms with van der Waals surface area (Å²) in [6.07, 6.45) is 2.39. The third-order valence-electron chi connectivity index (χ3n) is 4.66. The molecular formula is C16H19Br2N3O2S. The van der Waals surface area contributed by atoms with Gasteiger partial charge >= 0.3 is 0 Å². The van der Waals surface area contributed by atoms with E-state index in [1.54, 1.807) is 6.07 Å². The van der Waals surface area contributed by atoms with Crippen LogP contribution in [0.5, 0.6) is 5.75 Å². The molecule has 3 fully saturated rings. The van der Waals surface area contributed by atoms with Gasteiger partial charge in [-0.15, -0.1) is 0 Å². The molecule has 3 aliphatic rings. The minimum Gasteiger partial charge on any atom is -0.495 e. The Bertz CT molecular complexity index is 663. The average molecular weight is 477 g/mol. The van der Waals surface area contributed by atoms with Gasteiger partial charge in [-0.1, -0.05) is 15.9 Å². The fraction of sp³-hybridized carbons (Fsp3) is 0.500. The number of carbonyl (C=O) groups is 1. The topological polar surface area (TPSA) is 53.6 Å². The van der Waals surface area contributed by atoms with Crippen LogP contribution in [-0.4, -0.2) is 48.7 Å². The van der Waals surface area contributed by atoms with Crippen molar-refractivity contribution in [2.24, 2.45) is 5.92 Å². The molecule has 0 radical (unpaired) electrons. The lowest BCUT2D eigenvalue weighted by molar-refractivity contribution is 0.0807. The van der Waals surface area contributed by atoms with E-state index in [1.807, 2.05) is 6.07 Å². The summed E-state index contributed by atoms with van der Waals surface area (Å²) in [6.45, 7) is 3.34. The van der Waals surface area contributed by atoms with Gasteiger partial charge in [0.1, 0.15) is 5.75 Å². The van der Waals surface area contributed by atoms with Gasteiger partial charge in [0, 0.05) is 17.1 Å². The predicted octanol–water partition coefficient (Wildman–Crippen LogP) is 2.92. The van der Waals surface area contributed by atoms with Gasteiger partial charge in [-0.3, -0.25) is 10.1 Å². The van der Waals surface area contributed by atoms with E-state index >= 15 is 0 Å². The second-order valence-corrected chi connectivity index (χ2v) is 8.32. The van der Waals surface area contributed by atoms with Crippen molar-refractivity contribution < 1.29 is 9.53 Å². The quantitative estimate of drug-likeness (QED) is 0.657. The van der Waals surface area contributed by atoms with Crippen LogP contribution in [-0.2, 0) is 0 Å². The fourth-order valence-corrected chi connectivity index (χ4v) is 5.07. The molecule has 2 bridgehead atoms. The predicted molar refractivity (Wildman–Crippen MR) is 105 cm³/mol. The highest BCUT2D eigenvalue weighted by molar-refractivity contribution is 9.11. The first-order chi connectivity index (χ1) is 11.5. The first-order valence-electron chi connectivity index (χ1n) is 7.85. The van der Waals surface area contributed by atoms with E-state index in [0.29, 0.717) is 32.9 Å². The van der Waals surface area contributed by atoms with Gasteiger partial charge in [-0.25, -0.2) is 0 Å². The van der Waals surface area contributed by atoms with E-state index < -0.39 is 0 Å². The zero-order valence-electron chi connectivity index (χ0n) is 13.3. The summed E-state index contributed by atoms with van der Waals surface area (Å²) >= 11 is 12.1. The maximum absolute atomic E-state index is 12.6. The van der Waals surface area contributed by atoms with Crippen molar-refractivity contribution in [3.05, 3.63) is 26.6 Å². The number of rotatable bonds is 3. The molecule has 5 nitrogen and oxygen atoms in total. The van der Waals surface area contributed by atoms with Crippen LogP contribution in [0.1, 0.15) is 23.2 Å². The first-order valence-corrected chi connectivity index (χ1v) is 9.84. The van der Waals surface area contributed by atoms with Crippen LogP contribution in [0.25, 0.3) is 0 Å². The summed E-state index contributed by atoms with van der Waals surface area (Å²) in [7, 11) is 1.54. The summed E-state index contributed by atoms with van der Waals surface area (Å²) in [5.74, 6) is 0.841. The Balaban J connectivity index is 1.65. The molecule has 3 saturated heterocycles. The summed E-state index contributed by atoms with van der Waals surface area (Å²) in [5, 5.41) is 6.46. The molecule has 130 valence electrons. The van der Waals surface area contributed by atoms with Crippen LogP contribution >= 0.6 is 44.1 Å². The summed E-state index contributed by atoms with van der Waals surface area (Å²) < 4.78 is 6.82. The van der Waals surface area contributed by atoms with Crippen LogP contribution in [0.4, 0.5) is 0 Å². The second kappa shape index (κ2) is 7.68. The van der Waals surface area contributed by atoms with Crippen molar-refractivity contribution in [2.45, 2.75) is 18.9 Å². The van der Waals surface area contributed by atoms with Gasteiger partial charge in [-0.2, -0.15) is 0 Å². The second-order valence-electron chi connectivity index (χ2n) is 6.14. The number of halogens is 2. The molecule has 3 aliphatic heterocycles. The van der Waals surface area contributed by atoms with Crippen LogP contribution < -0.4 is 15.4 Å². The number of nitrogens with one attached hydrogen (secondary N) is 2. The molecule has 4 rings (SSSR count). The smallest absolute Gasteiger partial charge is 0.261 e. The molecule has 1 aromatic carbocycles. The molecule has 1 amide bonds. The number of thiocarbonyl (C=S) groups is 1. The van der Waals surface area contributed by atoms with Gasteiger partial charge in [0.25, 0.3) is 5.91 Å². The van der Waals surface area contributed by atoms with Crippen LogP contribution in [0, 0.1) is 5.92 Å². The standard InChI is InChI=1S/C16H19Br2N3O2S/c1-23-14-11(6-10(17)7-12(14)18)15(22)20-16(24)19-13-8-21-4-2-9(13)3-5-21/h6-7,9,13H,2-5,8H2,1H3,(H2,19,20,22,24). The molecule has 1 atom stereocenters. The molecule has 3 heterocycles. The normalized spacial score (nSPS) is 25.2. The van der Waals surface area contributed by atoms with Crippen molar-refractivity contribution in [3.63, 3.8) is 0 Å². The van der Waals surface area contributed by atoms with E-state index in [0.717, 1.165) is 11.0 Å². The number of piperidine rings is 3. The Kier molecular flexibility index (Phi) is 5.79. The Morgan fingerprint density at radius 2 is 2.04 bits per heavy atom. The van der Waals surface area contributed by atoms with E-state index in [1.165, 1.54) is 33.0 Å². The van der Waals surface area contributed by atoms with E-state index in [-0.39, 0.29) is 5.91 Å². The Hall–Kier alpha value is -0.700. The maximum Gasteiger partial charge on any atom is 0.261 e. The number of hydrogen-bond donors (Lipinski definition) is 2.